The second kappa shape index (κ2) is 11.5. The van der Waals surface area contributed by atoms with Gasteiger partial charge < -0.3 is 9.47 Å². The molecule has 1 fully saturated rings. The normalized spacial score (nSPS) is 15.2. The number of aromatic nitrogens is 1. The predicted molar refractivity (Wildman–Crippen MR) is 117 cm³/mol. The van der Waals surface area contributed by atoms with Crippen molar-refractivity contribution in [1.82, 2.24) is 9.88 Å². The lowest BCUT2D eigenvalue weighted by Crippen LogP contribution is -2.37. The van der Waals surface area contributed by atoms with Crippen LogP contribution in [-0.4, -0.2) is 57.8 Å². The summed E-state index contributed by atoms with van der Waals surface area (Å²) in [5, 5.41) is 1.51. The van der Waals surface area contributed by atoms with E-state index >= 15 is 0 Å². The number of hydrogen-bond acceptors (Lipinski definition) is 6. The zero-order valence-corrected chi connectivity index (χ0v) is 18.3. The van der Waals surface area contributed by atoms with Gasteiger partial charge in [-0.1, -0.05) is 11.6 Å². The first-order valence-electron chi connectivity index (χ1n) is 9.11. The lowest BCUT2D eigenvalue weighted by atomic mass is 10.3. The van der Waals surface area contributed by atoms with Crippen molar-refractivity contribution in [2.45, 2.75) is 11.3 Å². The molecule has 0 unspecified atom stereocenters. The van der Waals surface area contributed by atoms with Crippen molar-refractivity contribution in [2.75, 3.05) is 39.5 Å². The van der Waals surface area contributed by atoms with E-state index in [1.54, 1.807) is 30.5 Å². The van der Waals surface area contributed by atoms with Crippen LogP contribution in [0, 0.1) is 0 Å². The lowest BCUT2D eigenvalue weighted by Gasteiger charge is -2.26. The van der Waals surface area contributed by atoms with Gasteiger partial charge in [0.1, 0.15) is 5.75 Å². The topological polar surface area (TPSA) is 68.7 Å². The number of ether oxygens (including phenoxy) is 2. The van der Waals surface area contributed by atoms with Crippen LogP contribution < -0.4 is 4.74 Å². The maximum Gasteiger partial charge on any atom is 0.199 e. The standard InChI is InChI=1S/C20H23ClN2O4S.ClH/c21-19-3-1-9-22-20(19)8-16-28(24,25)18-6-4-17(5-7-18)27-13-2-10-23-11-14-26-15-12-23;/h1,3-9,16H,2,10-15H2;1H/b16-8+;. The van der Waals surface area contributed by atoms with Crippen molar-refractivity contribution in [2.24, 2.45) is 0 Å². The summed E-state index contributed by atoms with van der Waals surface area (Å²) in [7, 11) is -3.58. The zero-order chi connectivity index (χ0) is 19.8. The van der Waals surface area contributed by atoms with E-state index < -0.39 is 9.84 Å². The Morgan fingerprint density at radius 1 is 1.17 bits per heavy atom. The summed E-state index contributed by atoms with van der Waals surface area (Å²) in [5.41, 5.74) is 0.410. The smallest absolute Gasteiger partial charge is 0.199 e. The molecule has 1 saturated heterocycles. The molecule has 1 aliphatic heterocycles. The summed E-state index contributed by atoms with van der Waals surface area (Å²) in [5.74, 6) is 0.651. The molecule has 1 aromatic heterocycles. The molecule has 0 radical (unpaired) electrons. The van der Waals surface area contributed by atoms with Crippen LogP contribution in [0.5, 0.6) is 5.75 Å². The average Bonchev–Trinajstić information content (AvgIpc) is 2.72. The Hall–Kier alpha value is -1.64. The van der Waals surface area contributed by atoms with Crippen molar-refractivity contribution in [1.29, 1.82) is 0 Å². The fourth-order valence-corrected chi connectivity index (χ4v) is 3.95. The molecule has 0 aliphatic carbocycles. The highest BCUT2D eigenvalue weighted by Crippen LogP contribution is 2.20. The summed E-state index contributed by atoms with van der Waals surface area (Å²) < 4.78 is 35.9. The number of halogens is 2. The minimum atomic E-state index is -3.58. The van der Waals surface area contributed by atoms with E-state index in [-0.39, 0.29) is 17.3 Å². The molecule has 2 heterocycles. The highest BCUT2D eigenvalue weighted by Gasteiger charge is 2.12. The second-order valence-electron chi connectivity index (χ2n) is 6.35. The van der Waals surface area contributed by atoms with Gasteiger partial charge in [0.25, 0.3) is 0 Å². The van der Waals surface area contributed by atoms with Gasteiger partial charge in [0.2, 0.25) is 0 Å². The molecule has 9 heteroatoms. The number of morpholine rings is 1. The van der Waals surface area contributed by atoms with Crippen LogP contribution in [0.1, 0.15) is 12.1 Å². The summed E-state index contributed by atoms with van der Waals surface area (Å²) in [6.07, 6.45) is 3.87. The third-order valence-corrected chi connectivity index (χ3v) is 6.08. The number of nitrogens with zero attached hydrogens (tertiary/aromatic N) is 2. The molecule has 3 rings (SSSR count). The molecule has 0 N–H and O–H groups in total. The molecule has 0 saturated carbocycles. The first-order valence-corrected chi connectivity index (χ1v) is 11.0. The monoisotopic (exact) mass is 458 g/mol. The SMILES string of the molecule is Cl.O=S(=O)(/C=C/c1ncccc1Cl)c1ccc(OCCCN2CCOCC2)cc1. The van der Waals surface area contributed by atoms with Crippen LogP contribution in [0.2, 0.25) is 5.02 Å². The first-order chi connectivity index (χ1) is 13.5. The maximum absolute atomic E-state index is 12.4. The van der Waals surface area contributed by atoms with Gasteiger partial charge >= 0.3 is 0 Å². The molecule has 1 aliphatic rings. The summed E-state index contributed by atoms with van der Waals surface area (Å²) in [6, 6.07) is 9.76. The van der Waals surface area contributed by atoms with E-state index in [4.69, 9.17) is 21.1 Å². The Bertz CT molecular complexity index is 899. The van der Waals surface area contributed by atoms with Crippen LogP contribution in [0.3, 0.4) is 0 Å². The van der Waals surface area contributed by atoms with E-state index in [9.17, 15) is 8.42 Å². The molecule has 0 bridgehead atoms. The van der Waals surface area contributed by atoms with E-state index in [0.717, 1.165) is 44.7 Å². The van der Waals surface area contributed by atoms with Crippen LogP contribution in [0.25, 0.3) is 6.08 Å². The van der Waals surface area contributed by atoms with Gasteiger partial charge in [0.05, 0.1) is 35.4 Å². The number of rotatable bonds is 8. The van der Waals surface area contributed by atoms with Crippen molar-refractivity contribution >= 4 is 39.9 Å². The number of benzene rings is 1. The quantitative estimate of drug-likeness (QED) is 0.561. The van der Waals surface area contributed by atoms with Gasteiger partial charge in [-0.25, -0.2) is 8.42 Å². The fraction of sp³-hybridized carbons (Fsp3) is 0.350. The molecule has 0 spiro atoms. The molecular formula is C20H24Cl2N2O4S. The van der Waals surface area contributed by atoms with Gasteiger partial charge in [0.15, 0.2) is 9.84 Å². The average molecular weight is 459 g/mol. The molecule has 0 atom stereocenters. The van der Waals surface area contributed by atoms with Gasteiger partial charge in [0, 0.05) is 31.2 Å². The molecule has 158 valence electrons. The predicted octanol–water partition coefficient (Wildman–Crippen LogP) is 3.70. The highest BCUT2D eigenvalue weighted by atomic mass is 35.5. The Morgan fingerprint density at radius 2 is 1.90 bits per heavy atom. The second-order valence-corrected chi connectivity index (χ2v) is 8.59. The maximum atomic E-state index is 12.4. The van der Waals surface area contributed by atoms with Crippen LogP contribution in [0.15, 0.2) is 52.9 Å². The van der Waals surface area contributed by atoms with Crippen molar-refractivity contribution < 1.29 is 17.9 Å². The van der Waals surface area contributed by atoms with Crippen LogP contribution in [0.4, 0.5) is 0 Å². The number of pyridine rings is 1. The molecule has 2 aromatic rings. The van der Waals surface area contributed by atoms with Crippen LogP contribution >= 0.6 is 24.0 Å². The van der Waals surface area contributed by atoms with E-state index in [1.807, 2.05) is 0 Å². The number of hydrogen-bond donors (Lipinski definition) is 0. The Labute approximate surface area is 182 Å². The molecule has 0 amide bonds. The van der Waals surface area contributed by atoms with E-state index in [1.165, 1.54) is 18.2 Å². The van der Waals surface area contributed by atoms with E-state index in [0.29, 0.717) is 23.1 Å². The lowest BCUT2D eigenvalue weighted by molar-refractivity contribution is 0.0358. The van der Waals surface area contributed by atoms with Crippen molar-refractivity contribution in [3.63, 3.8) is 0 Å². The summed E-state index contributed by atoms with van der Waals surface area (Å²) >= 11 is 6.00. The minimum Gasteiger partial charge on any atom is -0.494 e. The van der Waals surface area contributed by atoms with Gasteiger partial charge in [-0.3, -0.25) is 9.88 Å². The summed E-state index contributed by atoms with van der Waals surface area (Å²) in [4.78, 5) is 6.59. The number of sulfone groups is 1. The molecule has 1 aromatic carbocycles. The molecular weight excluding hydrogens is 435 g/mol. The minimum absolute atomic E-state index is 0. The fourth-order valence-electron chi connectivity index (χ4n) is 2.78. The molecule has 6 nitrogen and oxygen atoms in total. The van der Waals surface area contributed by atoms with Crippen LogP contribution in [-0.2, 0) is 14.6 Å². The Kier molecular flexibility index (Phi) is 9.39. The zero-order valence-electron chi connectivity index (χ0n) is 15.9. The van der Waals surface area contributed by atoms with Gasteiger partial charge in [-0.2, -0.15) is 0 Å². The highest BCUT2D eigenvalue weighted by molar-refractivity contribution is 7.94. The Morgan fingerprint density at radius 3 is 2.59 bits per heavy atom. The first kappa shape index (κ1) is 23.6. The third kappa shape index (κ3) is 7.28. The largest absolute Gasteiger partial charge is 0.494 e. The van der Waals surface area contributed by atoms with E-state index in [2.05, 4.69) is 9.88 Å². The molecule has 29 heavy (non-hydrogen) atoms. The Balaban J connectivity index is 0.00000300. The van der Waals surface area contributed by atoms with Crippen molar-refractivity contribution in [3.8, 4) is 5.75 Å². The van der Waals surface area contributed by atoms with Crippen molar-refractivity contribution in [3.05, 3.63) is 58.7 Å². The summed E-state index contributed by atoms with van der Waals surface area (Å²) in [6.45, 7) is 5.06. The van der Waals surface area contributed by atoms with Gasteiger partial charge in [-0.15, -0.1) is 12.4 Å². The third-order valence-electron chi connectivity index (χ3n) is 4.34. The van der Waals surface area contributed by atoms with Gasteiger partial charge in [-0.05, 0) is 48.9 Å².